The first-order valence-corrected chi connectivity index (χ1v) is 15.6. The number of ketones is 2. The van der Waals surface area contributed by atoms with Crippen molar-refractivity contribution in [1.29, 1.82) is 0 Å². The van der Waals surface area contributed by atoms with Crippen LogP contribution in [0, 0.1) is 10.1 Å². The lowest BCUT2D eigenvalue weighted by Crippen LogP contribution is -2.52. The molecule has 0 unspecified atom stereocenters. The van der Waals surface area contributed by atoms with E-state index in [9.17, 15) is 44.9 Å². The second kappa shape index (κ2) is 12.9. The van der Waals surface area contributed by atoms with Gasteiger partial charge in [0, 0.05) is 59.7 Å². The molecule has 50 heavy (non-hydrogen) atoms. The number of nitrogens with zero attached hydrogens (tertiary/aromatic N) is 2. The van der Waals surface area contributed by atoms with Crippen LogP contribution < -0.4 is 15.9 Å². The normalized spacial score (nSPS) is 26.0. The molecule has 16 heteroatoms. The number of aliphatic hydroxyl groups is 2. The Morgan fingerprint density at radius 2 is 1.82 bits per heavy atom. The van der Waals surface area contributed by atoms with Crippen LogP contribution in [0.1, 0.15) is 86.1 Å². The van der Waals surface area contributed by atoms with Crippen molar-refractivity contribution in [3.63, 3.8) is 0 Å². The minimum absolute atomic E-state index is 0.00177. The van der Waals surface area contributed by atoms with Crippen LogP contribution in [0.25, 0.3) is 0 Å². The average molecular weight is 691 g/mol. The van der Waals surface area contributed by atoms with E-state index in [1.165, 1.54) is 50.4 Å². The molecule has 0 spiro atoms. The van der Waals surface area contributed by atoms with Crippen molar-refractivity contribution < 1.29 is 53.9 Å². The van der Waals surface area contributed by atoms with E-state index in [1.54, 1.807) is 6.92 Å². The van der Waals surface area contributed by atoms with Crippen molar-refractivity contribution in [3.05, 3.63) is 91.5 Å². The first-order chi connectivity index (χ1) is 23.7. The van der Waals surface area contributed by atoms with Crippen LogP contribution in [0.15, 0.2) is 47.6 Å². The number of rotatable bonds is 7. The number of phenolic OH excluding ortho intramolecular Hbond substituents is 2. The van der Waals surface area contributed by atoms with E-state index >= 15 is 0 Å². The topological polar surface area (TPSA) is 253 Å². The van der Waals surface area contributed by atoms with Crippen LogP contribution >= 0.6 is 0 Å². The summed E-state index contributed by atoms with van der Waals surface area (Å²) in [6.45, 7) is 2.97. The van der Waals surface area contributed by atoms with Gasteiger partial charge in [0.05, 0.1) is 52.7 Å². The highest BCUT2D eigenvalue weighted by Crippen LogP contribution is 2.52. The van der Waals surface area contributed by atoms with Crippen LogP contribution in [-0.2, 0) is 15.9 Å². The zero-order valence-electron chi connectivity index (χ0n) is 27.1. The number of aliphatic hydroxyl groups excluding tert-OH is 1. The second-order valence-electron chi connectivity index (χ2n) is 12.5. The highest BCUT2D eigenvalue weighted by Gasteiger charge is 2.49. The van der Waals surface area contributed by atoms with E-state index < -0.39 is 87.7 Å². The number of hydrogen-bond acceptors (Lipinski definition) is 14. The van der Waals surface area contributed by atoms with E-state index in [1.807, 2.05) is 0 Å². The summed E-state index contributed by atoms with van der Waals surface area (Å²) in [5.41, 5.74) is 4.58. The Morgan fingerprint density at radius 1 is 1.12 bits per heavy atom. The maximum Gasteiger partial charge on any atom is 0.271 e. The van der Waals surface area contributed by atoms with E-state index in [0.29, 0.717) is 0 Å². The molecular formula is C34H34N4O12. The van der Waals surface area contributed by atoms with Crippen molar-refractivity contribution in [3.8, 4) is 17.2 Å². The molecule has 1 saturated heterocycles. The Balaban J connectivity index is 1.43. The number of nitro groups is 1. The van der Waals surface area contributed by atoms with Gasteiger partial charge in [-0.05, 0) is 26.0 Å². The Kier molecular flexibility index (Phi) is 8.92. The van der Waals surface area contributed by atoms with Gasteiger partial charge >= 0.3 is 0 Å². The van der Waals surface area contributed by atoms with Crippen molar-refractivity contribution in [2.24, 2.45) is 10.8 Å². The minimum Gasteiger partial charge on any atom is -0.507 e. The molecule has 1 heterocycles. The quantitative estimate of drug-likeness (QED) is 0.0704. The van der Waals surface area contributed by atoms with Gasteiger partial charge in [-0.25, -0.2) is 5.43 Å². The number of benzene rings is 3. The molecule has 3 aromatic carbocycles. The molecule has 0 saturated carbocycles. The lowest BCUT2D eigenvalue weighted by Gasteiger charge is -2.42. The molecule has 2 aliphatic carbocycles. The fourth-order valence-electron chi connectivity index (χ4n) is 6.73. The van der Waals surface area contributed by atoms with Crippen LogP contribution in [0.3, 0.4) is 0 Å². The van der Waals surface area contributed by atoms with E-state index in [-0.39, 0.29) is 57.8 Å². The van der Waals surface area contributed by atoms with Crippen molar-refractivity contribution >= 4 is 28.9 Å². The summed E-state index contributed by atoms with van der Waals surface area (Å²) in [6.07, 6.45) is -4.97. The number of carbonyl (C=O) groups is 3. The summed E-state index contributed by atoms with van der Waals surface area (Å²) in [7, 11) is 1.32. The Bertz CT molecular complexity index is 1970. The Labute approximate surface area is 284 Å². The molecule has 0 radical (unpaired) electrons. The van der Waals surface area contributed by atoms with Gasteiger partial charge in [0.1, 0.15) is 22.8 Å². The van der Waals surface area contributed by atoms with Gasteiger partial charge in [-0.2, -0.15) is 5.10 Å². The lowest BCUT2D eigenvalue weighted by molar-refractivity contribution is -0.384. The van der Waals surface area contributed by atoms with Gasteiger partial charge in [0.2, 0.25) is 5.78 Å². The molecule has 3 aliphatic rings. The number of methoxy groups -OCH3 is 1. The lowest BCUT2D eigenvalue weighted by atomic mass is 9.71. The number of amides is 1. The zero-order chi connectivity index (χ0) is 36.2. The van der Waals surface area contributed by atoms with E-state index in [2.05, 4.69) is 10.5 Å². The number of nitro benzene ring substituents is 1. The number of nitrogens with one attached hydrogen (secondary N) is 1. The van der Waals surface area contributed by atoms with E-state index in [0.717, 1.165) is 6.07 Å². The molecule has 1 fully saturated rings. The highest BCUT2D eigenvalue weighted by atomic mass is 16.7. The third-order valence-corrected chi connectivity index (χ3v) is 9.46. The Morgan fingerprint density at radius 3 is 2.50 bits per heavy atom. The summed E-state index contributed by atoms with van der Waals surface area (Å²) < 4.78 is 17.4. The number of ether oxygens (including phenoxy) is 3. The maximum absolute atomic E-state index is 13.9. The molecule has 1 aliphatic heterocycles. The zero-order valence-corrected chi connectivity index (χ0v) is 27.1. The molecule has 0 bridgehead atoms. The van der Waals surface area contributed by atoms with Crippen LogP contribution in [0.4, 0.5) is 5.69 Å². The van der Waals surface area contributed by atoms with Crippen LogP contribution in [0.2, 0.25) is 0 Å². The Hall–Kier alpha value is -5.26. The predicted octanol–water partition coefficient (Wildman–Crippen LogP) is 2.15. The van der Waals surface area contributed by atoms with Crippen LogP contribution in [0.5, 0.6) is 17.2 Å². The average Bonchev–Trinajstić information content (AvgIpc) is 3.09. The van der Waals surface area contributed by atoms with Crippen molar-refractivity contribution in [2.45, 2.75) is 69.4 Å². The summed E-state index contributed by atoms with van der Waals surface area (Å²) in [5.74, 6) is -3.61. The largest absolute Gasteiger partial charge is 0.507 e. The first kappa shape index (κ1) is 34.6. The molecule has 7 N–H and O–H groups in total. The summed E-state index contributed by atoms with van der Waals surface area (Å²) in [5, 5.41) is 61.1. The number of phenols is 2. The van der Waals surface area contributed by atoms with Gasteiger partial charge in [0.15, 0.2) is 12.1 Å². The first-order valence-electron chi connectivity index (χ1n) is 15.6. The van der Waals surface area contributed by atoms with Gasteiger partial charge in [0.25, 0.3) is 11.6 Å². The van der Waals surface area contributed by atoms with Gasteiger partial charge in [-0.3, -0.25) is 24.5 Å². The van der Waals surface area contributed by atoms with Crippen LogP contribution in [-0.4, -0.2) is 85.8 Å². The fourth-order valence-corrected chi connectivity index (χ4v) is 6.73. The number of fused-ring (bicyclic) bond motifs is 3. The summed E-state index contributed by atoms with van der Waals surface area (Å²) >= 11 is 0. The molecule has 3 aromatic rings. The highest BCUT2D eigenvalue weighted by molar-refractivity contribution is 6.31. The van der Waals surface area contributed by atoms with Gasteiger partial charge < -0.3 is 40.4 Å². The number of aromatic hydroxyl groups is 2. The summed E-state index contributed by atoms with van der Waals surface area (Å²) in [6, 6.07) is 8.55. The van der Waals surface area contributed by atoms with Gasteiger partial charge in [-0.1, -0.05) is 18.2 Å². The number of nitrogens with two attached hydrogens (primary N) is 1. The molecule has 16 nitrogen and oxygen atoms in total. The smallest absolute Gasteiger partial charge is 0.271 e. The maximum atomic E-state index is 13.9. The second-order valence-corrected chi connectivity index (χ2v) is 12.5. The molecule has 6 rings (SSSR count). The molecule has 0 aromatic heterocycles. The number of hydrogen-bond donors (Lipinski definition) is 6. The molecule has 6 atom stereocenters. The standard InChI is InChI=1S/C34H34N4O12/c1-14-28(39)20(35)11-23(49-14)50-22-13-34(45,15(2)36-37-33(44)16-6-4-7-17(10-16)38(46)47)12-19-25(22)32(43)27-26(30(19)41)29(40)18-8-5-9-21(48-3)24(18)31(27)42/h4-10,14,20,22-23,28,39,41,43,45H,11-13,35H2,1-3H3,(H,37,44)/b36-15+/t14-,20-,22-,23-,28+,34-/m0/s1. The van der Waals surface area contributed by atoms with Crippen molar-refractivity contribution in [2.75, 3.05) is 7.11 Å². The third-order valence-electron chi connectivity index (χ3n) is 9.46. The van der Waals surface area contributed by atoms with E-state index in [4.69, 9.17) is 19.9 Å². The predicted molar refractivity (Wildman–Crippen MR) is 173 cm³/mol. The monoisotopic (exact) mass is 690 g/mol. The molecular weight excluding hydrogens is 656 g/mol. The number of carbonyl (C=O) groups excluding carboxylic acids is 3. The molecule has 262 valence electrons. The molecule has 1 amide bonds. The minimum atomic E-state index is -2.00. The SMILES string of the molecule is COc1cccc2c1C(=O)c1c(O)c3c(c(O)c1C2=O)C[C@@](O)(/C(C)=N/NC(=O)c1cccc([N+](=O)[O-])c1)C[C@@H]3O[C@H]1C[C@H](N)[C@H](O)[C@H](C)O1. The van der Waals surface area contributed by atoms with Crippen molar-refractivity contribution in [1.82, 2.24) is 5.43 Å². The number of hydrazone groups is 1. The van der Waals surface area contributed by atoms with Gasteiger partial charge in [-0.15, -0.1) is 0 Å². The third kappa shape index (κ3) is 5.76. The number of non-ortho nitro benzene ring substituents is 1. The summed E-state index contributed by atoms with van der Waals surface area (Å²) in [4.78, 5) is 51.1. The fraction of sp³-hybridized carbons (Fsp3) is 0.353.